The van der Waals surface area contributed by atoms with Crippen molar-refractivity contribution in [3.8, 4) is 0 Å². The van der Waals surface area contributed by atoms with Gasteiger partial charge >= 0.3 is 6.09 Å². The maximum atomic E-state index is 11.5. The molecule has 0 fully saturated rings. The number of fused-ring (bicyclic) bond motifs is 1. The van der Waals surface area contributed by atoms with Gasteiger partial charge in [-0.25, -0.2) is 4.79 Å². The number of ether oxygens (including phenoxy) is 1. The topological polar surface area (TPSA) is 64.3 Å². The highest BCUT2D eigenvalue weighted by molar-refractivity contribution is 5.87. The van der Waals surface area contributed by atoms with Gasteiger partial charge in [0.25, 0.3) is 0 Å². The Bertz CT molecular complexity index is 700. The maximum absolute atomic E-state index is 11.5. The van der Waals surface area contributed by atoms with E-state index < -0.39 is 11.7 Å². The van der Waals surface area contributed by atoms with E-state index in [-0.39, 0.29) is 0 Å². The number of nitrogen functional groups attached to an aromatic ring is 1. The fourth-order valence-corrected chi connectivity index (χ4v) is 2.04. The lowest BCUT2D eigenvalue weighted by atomic mass is 10.1. The predicted octanol–water partition coefficient (Wildman–Crippen LogP) is 3.96. The SMILES string of the molecule is CC(C)(C)OC(=O)NCC=Cc1ccc2cc(N)ccc2c1. The average Bonchev–Trinajstić information content (AvgIpc) is 2.41. The van der Waals surface area contributed by atoms with Crippen LogP contribution >= 0.6 is 0 Å². The van der Waals surface area contributed by atoms with Gasteiger partial charge in [0.05, 0.1) is 0 Å². The second-order valence-electron chi connectivity index (χ2n) is 6.15. The molecule has 1 amide bonds. The van der Waals surface area contributed by atoms with Gasteiger partial charge in [0.1, 0.15) is 5.60 Å². The normalized spacial score (nSPS) is 11.8. The third-order valence-electron chi connectivity index (χ3n) is 2.96. The standard InChI is InChI=1S/C18H22N2O2/c1-18(2,3)22-17(21)20-10-4-5-13-6-7-15-12-16(19)9-8-14(15)11-13/h4-9,11-12H,10,19H2,1-3H3,(H,20,21). The van der Waals surface area contributed by atoms with Crippen LogP contribution in [0.5, 0.6) is 0 Å². The van der Waals surface area contributed by atoms with Gasteiger partial charge in [-0.2, -0.15) is 0 Å². The molecule has 0 bridgehead atoms. The molecule has 4 heteroatoms. The zero-order chi connectivity index (χ0) is 16.2. The number of carbonyl (C=O) groups is 1. The van der Waals surface area contributed by atoms with E-state index in [2.05, 4.69) is 11.4 Å². The summed E-state index contributed by atoms with van der Waals surface area (Å²) in [5.74, 6) is 0. The van der Waals surface area contributed by atoms with Gasteiger partial charge in [0.15, 0.2) is 0 Å². The summed E-state index contributed by atoms with van der Waals surface area (Å²) in [5, 5.41) is 4.94. The first-order valence-corrected chi connectivity index (χ1v) is 7.26. The summed E-state index contributed by atoms with van der Waals surface area (Å²) in [6.07, 6.45) is 3.45. The Kier molecular flexibility index (Phi) is 4.71. The van der Waals surface area contributed by atoms with Crippen molar-refractivity contribution < 1.29 is 9.53 Å². The van der Waals surface area contributed by atoms with Crippen LogP contribution in [0.15, 0.2) is 42.5 Å². The van der Waals surface area contributed by atoms with Gasteiger partial charge in [0.2, 0.25) is 0 Å². The van der Waals surface area contributed by atoms with Gasteiger partial charge in [-0.05, 0) is 55.3 Å². The van der Waals surface area contributed by atoms with E-state index in [1.165, 1.54) is 0 Å². The van der Waals surface area contributed by atoms with Gasteiger partial charge in [-0.3, -0.25) is 0 Å². The van der Waals surface area contributed by atoms with E-state index in [1.807, 2.05) is 63.3 Å². The number of nitrogens with two attached hydrogens (primary N) is 1. The van der Waals surface area contributed by atoms with E-state index in [4.69, 9.17) is 10.5 Å². The Morgan fingerprint density at radius 2 is 1.86 bits per heavy atom. The monoisotopic (exact) mass is 298 g/mol. The lowest BCUT2D eigenvalue weighted by Gasteiger charge is -2.19. The molecule has 0 aliphatic rings. The Balaban J connectivity index is 1.93. The summed E-state index contributed by atoms with van der Waals surface area (Å²) >= 11 is 0. The van der Waals surface area contributed by atoms with Crippen molar-refractivity contribution in [3.63, 3.8) is 0 Å². The molecule has 2 aromatic carbocycles. The highest BCUT2D eigenvalue weighted by Crippen LogP contribution is 2.19. The Morgan fingerprint density at radius 1 is 1.18 bits per heavy atom. The highest BCUT2D eigenvalue weighted by Gasteiger charge is 2.14. The quantitative estimate of drug-likeness (QED) is 0.843. The molecule has 0 spiro atoms. The van der Waals surface area contributed by atoms with Gasteiger partial charge in [0, 0.05) is 12.2 Å². The largest absolute Gasteiger partial charge is 0.444 e. The summed E-state index contributed by atoms with van der Waals surface area (Å²) in [6.45, 7) is 5.94. The molecule has 0 radical (unpaired) electrons. The summed E-state index contributed by atoms with van der Waals surface area (Å²) < 4.78 is 5.16. The van der Waals surface area contributed by atoms with Crippen molar-refractivity contribution in [2.24, 2.45) is 0 Å². The molecule has 0 saturated carbocycles. The third kappa shape index (κ3) is 4.81. The van der Waals surface area contributed by atoms with E-state index >= 15 is 0 Å². The van der Waals surface area contributed by atoms with Crippen LogP contribution < -0.4 is 11.1 Å². The molecule has 0 atom stereocenters. The van der Waals surface area contributed by atoms with Crippen molar-refractivity contribution in [1.82, 2.24) is 5.32 Å². The molecule has 3 N–H and O–H groups in total. The van der Waals surface area contributed by atoms with E-state index in [0.29, 0.717) is 6.54 Å². The molecule has 0 aliphatic heterocycles. The Labute approximate surface area is 131 Å². The van der Waals surface area contributed by atoms with E-state index in [1.54, 1.807) is 0 Å². The molecule has 2 rings (SSSR count). The summed E-state index contributed by atoms with van der Waals surface area (Å²) in [4.78, 5) is 11.5. The van der Waals surface area contributed by atoms with Crippen LogP contribution in [0.3, 0.4) is 0 Å². The van der Waals surface area contributed by atoms with Crippen molar-refractivity contribution in [2.45, 2.75) is 26.4 Å². The molecule has 4 nitrogen and oxygen atoms in total. The van der Waals surface area contributed by atoms with Crippen molar-refractivity contribution >= 4 is 28.6 Å². The van der Waals surface area contributed by atoms with E-state index in [9.17, 15) is 4.79 Å². The predicted molar refractivity (Wildman–Crippen MR) is 91.6 cm³/mol. The van der Waals surface area contributed by atoms with Crippen molar-refractivity contribution in [2.75, 3.05) is 12.3 Å². The van der Waals surface area contributed by atoms with Gasteiger partial charge < -0.3 is 15.8 Å². The first-order chi connectivity index (χ1) is 10.3. The van der Waals surface area contributed by atoms with Crippen LogP contribution in [0.1, 0.15) is 26.3 Å². The molecular weight excluding hydrogens is 276 g/mol. The lowest BCUT2D eigenvalue weighted by molar-refractivity contribution is 0.0534. The number of nitrogens with one attached hydrogen (secondary N) is 1. The van der Waals surface area contributed by atoms with Crippen LogP contribution in [0.4, 0.5) is 10.5 Å². The lowest BCUT2D eigenvalue weighted by Crippen LogP contribution is -2.32. The van der Waals surface area contributed by atoms with Crippen LogP contribution in [0.2, 0.25) is 0 Å². The molecule has 0 aliphatic carbocycles. The van der Waals surface area contributed by atoms with Crippen molar-refractivity contribution in [1.29, 1.82) is 0 Å². The van der Waals surface area contributed by atoms with E-state index in [0.717, 1.165) is 22.0 Å². The van der Waals surface area contributed by atoms with Crippen LogP contribution in [0.25, 0.3) is 16.8 Å². The second-order valence-corrected chi connectivity index (χ2v) is 6.15. The third-order valence-corrected chi connectivity index (χ3v) is 2.96. The number of carbonyl (C=O) groups excluding carboxylic acids is 1. The van der Waals surface area contributed by atoms with Crippen molar-refractivity contribution in [3.05, 3.63) is 48.0 Å². The zero-order valence-electron chi connectivity index (χ0n) is 13.2. The minimum Gasteiger partial charge on any atom is -0.444 e. The number of hydrogen-bond acceptors (Lipinski definition) is 3. The maximum Gasteiger partial charge on any atom is 0.407 e. The summed E-state index contributed by atoms with van der Waals surface area (Å²) in [7, 11) is 0. The van der Waals surface area contributed by atoms with Crippen LogP contribution in [0, 0.1) is 0 Å². The molecule has 0 saturated heterocycles. The van der Waals surface area contributed by atoms with Gasteiger partial charge in [-0.15, -0.1) is 0 Å². The molecule has 116 valence electrons. The molecule has 22 heavy (non-hydrogen) atoms. The minimum atomic E-state index is -0.478. The smallest absolute Gasteiger partial charge is 0.407 e. The first kappa shape index (κ1) is 15.9. The first-order valence-electron chi connectivity index (χ1n) is 7.26. The number of benzene rings is 2. The highest BCUT2D eigenvalue weighted by atomic mass is 16.6. The zero-order valence-corrected chi connectivity index (χ0v) is 13.2. The number of anilines is 1. The second kappa shape index (κ2) is 6.52. The fourth-order valence-electron chi connectivity index (χ4n) is 2.04. The fraction of sp³-hybridized carbons (Fsp3) is 0.278. The molecular formula is C18H22N2O2. The molecule has 0 unspecified atom stereocenters. The minimum absolute atomic E-state index is 0.411. The molecule has 0 heterocycles. The van der Waals surface area contributed by atoms with Gasteiger partial charge in [-0.1, -0.05) is 30.4 Å². The molecule has 2 aromatic rings. The number of rotatable bonds is 3. The van der Waals surface area contributed by atoms with Crippen LogP contribution in [-0.4, -0.2) is 18.2 Å². The number of hydrogen-bond donors (Lipinski definition) is 2. The average molecular weight is 298 g/mol. The van der Waals surface area contributed by atoms with Crippen LogP contribution in [-0.2, 0) is 4.74 Å². The summed E-state index contributed by atoms with van der Waals surface area (Å²) in [6, 6.07) is 12.0. The number of alkyl carbamates (subject to hydrolysis) is 1. The molecule has 0 aromatic heterocycles. The summed E-state index contributed by atoms with van der Waals surface area (Å²) in [5.41, 5.74) is 7.12. The number of amides is 1. The Hall–Kier alpha value is -2.49. The Morgan fingerprint density at radius 3 is 2.59 bits per heavy atom.